The molecular weight excluding hydrogens is 216 g/mol. The van der Waals surface area contributed by atoms with Crippen molar-refractivity contribution in [3.63, 3.8) is 0 Å². The van der Waals surface area contributed by atoms with Gasteiger partial charge in [-0.3, -0.25) is 4.79 Å². The average Bonchev–Trinajstić information content (AvgIpc) is 2.25. The van der Waals surface area contributed by atoms with Crippen LogP contribution in [0.15, 0.2) is 47.4 Å². The number of benzene rings is 1. The van der Waals surface area contributed by atoms with E-state index in [-0.39, 0.29) is 5.78 Å². The van der Waals surface area contributed by atoms with Crippen molar-refractivity contribution in [2.24, 2.45) is 5.92 Å². The number of hydrogen-bond acceptors (Lipinski definition) is 2. The summed E-state index contributed by atoms with van der Waals surface area (Å²) < 4.78 is 0. The normalized spacial score (nSPS) is 13.2. The van der Waals surface area contributed by atoms with Crippen LogP contribution in [0, 0.1) is 5.92 Å². The van der Waals surface area contributed by atoms with E-state index in [0.29, 0.717) is 11.2 Å². The molecule has 1 nitrogen and oxygen atoms in total. The van der Waals surface area contributed by atoms with Crippen LogP contribution in [0.5, 0.6) is 0 Å². The first-order valence-corrected chi connectivity index (χ1v) is 6.38. The van der Waals surface area contributed by atoms with E-state index in [0.717, 1.165) is 0 Å². The third kappa shape index (κ3) is 4.67. The summed E-state index contributed by atoms with van der Waals surface area (Å²) >= 11 is 1.80. The molecule has 1 atom stereocenters. The van der Waals surface area contributed by atoms with Gasteiger partial charge < -0.3 is 0 Å². The molecule has 0 saturated heterocycles. The van der Waals surface area contributed by atoms with Crippen LogP contribution < -0.4 is 0 Å². The number of thioether (sulfide) groups is 1. The van der Waals surface area contributed by atoms with Crippen LogP contribution in [0.2, 0.25) is 0 Å². The van der Waals surface area contributed by atoms with Gasteiger partial charge in [0, 0.05) is 10.1 Å². The lowest BCUT2D eigenvalue weighted by Gasteiger charge is -2.16. The fourth-order valence-corrected chi connectivity index (χ4v) is 2.34. The van der Waals surface area contributed by atoms with Crippen molar-refractivity contribution in [2.45, 2.75) is 30.9 Å². The number of hydrogen-bond donors (Lipinski definition) is 0. The summed E-state index contributed by atoms with van der Waals surface area (Å²) in [6.07, 6.45) is 3.67. The van der Waals surface area contributed by atoms with E-state index < -0.39 is 0 Å². The molecule has 0 N–H and O–H groups in total. The van der Waals surface area contributed by atoms with Crippen molar-refractivity contribution in [1.29, 1.82) is 0 Å². The van der Waals surface area contributed by atoms with Crippen LogP contribution in [0.1, 0.15) is 20.8 Å². The molecule has 0 spiro atoms. The Morgan fingerprint density at radius 1 is 1.25 bits per heavy atom. The molecule has 0 amide bonds. The molecule has 16 heavy (non-hydrogen) atoms. The number of allylic oxidation sites excluding steroid dienone is 1. The Morgan fingerprint density at radius 2 is 1.88 bits per heavy atom. The van der Waals surface area contributed by atoms with E-state index >= 15 is 0 Å². The summed E-state index contributed by atoms with van der Waals surface area (Å²) in [6, 6.07) is 10.3. The lowest BCUT2D eigenvalue weighted by molar-refractivity contribution is -0.112. The van der Waals surface area contributed by atoms with Crippen molar-refractivity contribution in [1.82, 2.24) is 0 Å². The number of carbonyl (C=O) groups is 1. The van der Waals surface area contributed by atoms with Gasteiger partial charge in [0.2, 0.25) is 0 Å². The minimum absolute atomic E-state index is 0.110. The molecule has 1 aromatic rings. The van der Waals surface area contributed by atoms with Gasteiger partial charge in [-0.15, -0.1) is 11.8 Å². The molecule has 0 saturated carbocycles. The minimum Gasteiger partial charge on any atom is -0.295 e. The van der Waals surface area contributed by atoms with Crippen LogP contribution >= 0.6 is 11.8 Å². The number of rotatable bonds is 5. The third-order valence-electron chi connectivity index (χ3n) is 2.19. The SMILES string of the molecule is CC(=O)/C=C/C(Sc1ccccc1)C(C)C. The average molecular weight is 234 g/mol. The van der Waals surface area contributed by atoms with Crippen LogP contribution in [-0.2, 0) is 4.79 Å². The maximum Gasteiger partial charge on any atom is 0.152 e. The van der Waals surface area contributed by atoms with E-state index in [9.17, 15) is 4.79 Å². The Labute approximate surface area is 102 Å². The van der Waals surface area contributed by atoms with E-state index in [1.165, 1.54) is 4.90 Å². The van der Waals surface area contributed by atoms with Gasteiger partial charge in [0.1, 0.15) is 0 Å². The number of ketones is 1. The van der Waals surface area contributed by atoms with Gasteiger partial charge in [-0.2, -0.15) is 0 Å². The molecule has 0 heterocycles. The van der Waals surface area contributed by atoms with Crippen molar-refractivity contribution in [2.75, 3.05) is 0 Å². The highest BCUT2D eigenvalue weighted by atomic mass is 32.2. The second-order valence-corrected chi connectivity index (χ2v) is 5.36. The second kappa shape index (κ2) is 6.54. The summed E-state index contributed by atoms with van der Waals surface area (Å²) in [4.78, 5) is 12.2. The van der Waals surface area contributed by atoms with Crippen LogP contribution in [0.4, 0.5) is 0 Å². The summed E-state index contributed by atoms with van der Waals surface area (Å²) in [5.41, 5.74) is 0. The lowest BCUT2D eigenvalue weighted by Crippen LogP contribution is -2.08. The van der Waals surface area contributed by atoms with Gasteiger partial charge in [-0.25, -0.2) is 0 Å². The molecule has 0 aliphatic carbocycles. The highest BCUT2D eigenvalue weighted by Crippen LogP contribution is 2.28. The van der Waals surface area contributed by atoms with E-state index in [1.54, 1.807) is 24.8 Å². The van der Waals surface area contributed by atoms with Gasteiger partial charge >= 0.3 is 0 Å². The molecule has 1 rings (SSSR count). The van der Waals surface area contributed by atoms with Gasteiger partial charge in [0.05, 0.1) is 0 Å². The van der Waals surface area contributed by atoms with Crippen LogP contribution in [0.3, 0.4) is 0 Å². The summed E-state index contributed by atoms with van der Waals surface area (Å²) in [5.74, 6) is 0.625. The Balaban J connectivity index is 2.69. The highest BCUT2D eigenvalue weighted by molar-refractivity contribution is 8.00. The van der Waals surface area contributed by atoms with Crippen LogP contribution in [0.25, 0.3) is 0 Å². The lowest BCUT2D eigenvalue weighted by atomic mass is 10.1. The molecule has 86 valence electrons. The quantitative estimate of drug-likeness (QED) is 0.567. The Hall–Kier alpha value is -1.02. The molecule has 1 unspecified atom stereocenters. The highest BCUT2D eigenvalue weighted by Gasteiger charge is 2.11. The van der Waals surface area contributed by atoms with Crippen molar-refractivity contribution < 1.29 is 4.79 Å². The van der Waals surface area contributed by atoms with Crippen LogP contribution in [-0.4, -0.2) is 11.0 Å². The third-order valence-corrected chi connectivity index (χ3v) is 3.71. The first-order chi connectivity index (χ1) is 7.59. The topological polar surface area (TPSA) is 17.1 Å². The standard InChI is InChI=1S/C14H18OS/c1-11(2)14(10-9-12(3)15)16-13-7-5-4-6-8-13/h4-11,14H,1-3H3/b10-9+. The molecule has 2 heteroatoms. The molecule has 1 aromatic carbocycles. The minimum atomic E-state index is 0.110. The molecule has 0 bridgehead atoms. The first-order valence-electron chi connectivity index (χ1n) is 5.50. The summed E-state index contributed by atoms with van der Waals surface area (Å²) in [5, 5.41) is 0.353. The van der Waals surface area contributed by atoms with Crippen molar-refractivity contribution in [3.05, 3.63) is 42.5 Å². The smallest absolute Gasteiger partial charge is 0.152 e. The summed E-state index contributed by atoms with van der Waals surface area (Å²) in [7, 11) is 0. The largest absolute Gasteiger partial charge is 0.295 e. The molecule has 0 fully saturated rings. The van der Waals surface area contributed by atoms with Crippen molar-refractivity contribution in [3.8, 4) is 0 Å². The Morgan fingerprint density at radius 3 is 2.38 bits per heavy atom. The number of carbonyl (C=O) groups excluding carboxylic acids is 1. The molecule has 0 aromatic heterocycles. The maximum atomic E-state index is 10.9. The van der Waals surface area contributed by atoms with E-state index in [1.807, 2.05) is 24.3 Å². The van der Waals surface area contributed by atoms with Gasteiger partial charge in [-0.1, -0.05) is 38.1 Å². The van der Waals surface area contributed by atoms with E-state index in [2.05, 4.69) is 26.0 Å². The van der Waals surface area contributed by atoms with Gasteiger partial charge in [0.25, 0.3) is 0 Å². The fraction of sp³-hybridized carbons (Fsp3) is 0.357. The maximum absolute atomic E-state index is 10.9. The second-order valence-electron chi connectivity index (χ2n) is 4.11. The molecule has 0 radical (unpaired) electrons. The zero-order valence-corrected chi connectivity index (χ0v) is 10.8. The first kappa shape index (κ1) is 13.0. The zero-order chi connectivity index (χ0) is 12.0. The molecular formula is C14H18OS. The van der Waals surface area contributed by atoms with E-state index in [4.69, 9.17) is 0 Å². The Bertz CT molecular complexity index is 354. The Kier molecular flexibility index (Phi) is 5.33. The van der Waals surface area contributed by atoms with Crippen molar-refractivity contribution >= 4 is 17.5 Å². The molecule has 0 aliphatic heterocycles. The monoisotopic (exact) mass is 234 g/mol. The summed E-state index contributed by atoms with van der Waals surface area (Å²) in [6.45, 7) is 5.93. The predicted molar refractivity (Wildman–Crippen MR) is 70.7 cm³/mol. The fourth-order valence-electron chi connectivity index (χ4n) is 1.28. The van der Waals surface area contributed by atoms with Gasteiger partial charge in [-0.05, 0) is 31.1 Å². The molecule has 0 aliphatic rings. The predicted octanol–water partition coefficient (Wildman–Crippen LogP) is 3.95. The zero-order valence-electron chi connectivity index (χ0n) is 10.0. The van der Waals surface area contributed by atoms with Gasteiger partial charge in [0.15, 0.2) is 5.78 Å².